The Kier molecular flexibility index (Phi) is 6.29. The molecule has 1 atom stereocenters. The molecule has 2 rings (SSSR count). The van der Waals surface area contributed by atoms with Crippen LogP contribution in [0.25, 0.3) is 0 Å². The van der Waals surface area contributed by atoms with Crippen molar-refractivity contribution in [3.05, 3.63) is 53.9 Å². The number of benzene rings is 1. The third-order valence-corrected chi connectivity index (χ3v) is 3.94. The van der Waals surface area contributed by atoms with E-state index in [-0.39, 0.29) is 18.0 Å². The summed E-state index contributed by atoms with van der Waals surface area (Å²) in [5.41, 5.74) is 1.59. The Balaban J connectivity index is 2.21. The quantitative estimate of drug-likeness (QED) is 0.847. The minimum Gasteiger partial charge on any atom is -0.348 e. The number of anilines is 1. The van der Waals surface area contributed by atoms with Gasteiger partial charge in [-0.05, 0) is 38.8 Å². The van der Waals surface area contributed by atoms with Crippen molar-refractivity contribution < 1.29 is 4.79 Å². The number of rotatable bonds is 7. The van der Waals surface area contributed by atoms with Crippen molar-refractivity contribution in [2.75, 3.05) is 4.90 Å². The zero-order valence-electron chi connectivity index (χ0n) is 14.9. The lowest BCUT2D eigenvalue weighted by atomic mass is 10.2. The number of amides is 1. The number of nitrogens with one attached hydrogen (secondary N) is 1. The monoisotopic (exact) mass is 326 g/mol. The Labute approximate surface area is 144 Å². The van der Waals surface area contributed by atoms with E-state index in [1.807, 2.05) is 32.0 Å². The summed E-state index contributed by atoms with van der Waals surface area (Å²) in [5, 5.41) is 2.94. The van der Waals surface area contributed by atoms with Crippen molar-refractivity contribution in [1.82, 2.24) is 15.3 Å². The molecule has 0 fully saturated rings. The summed E-state index contributed by atoms with van der Waals surface area (Å²) in [6.45, 7) is 8.91. The van der Waals surface area contributed by atoms with Gasteiger partial charge in [0, 0.05) is 24.8 Å². The third kappa shape index (κ3) is 4.78. The molecule has 0 spiro atoms. The van der Waals surface area contributed by atoms with Gasteiger partial charge < -0.3 is 10.2 Å². The normalized spacial score (nSPS) is 12.0. The lowest BCUT2D eigenvalue weighted by molar-refractivity contribution is 0.0934. The molecule has 0 bridgehead atoms. The van der Waals surface area contributed by atoms with Crippen LogP contribution in [0.3, 0.4) is 0 Å². The fourth-order valence-electron chi connectivity index (χ4n) is 2.28. The van der Waals surface area contributed by atoms with E-state index in [2.05, 4.69) is 46.2 Å². The Morgan fingerprint density at radius 2 is 1.88 bits per heavy atom. The molecule has 24 heavy (non-hydrogen) atoms. The number of hydrogen-bond acceptors (Lipinski definition) is 4. The summed E-state index contributed by atoms with van der Waals surface area (Å²) in [6, 6.07) is 12.2. The van der Waals surface area contributed by atoms with Crippen LogP contribution in [-0.2, 0) is 6.54 Å². The second-order valence-electron chi connectivity index (χ2n) is 6.23. The molecule has 0 saturated heterocycles. The molecule has 0 radical (unpaired) electrons. The molecule has 1 heterocycles. The average molecular weight is 326 g/mol. The van der Waals surface area contributed by atoms with Crippen LogP contribution in [0.1, 0.15) is 50.2 Å². The van der Waals surface area contributed by atoms with Gasteiger partial charge in [0.1, 0.15) is 5.69 Å². The van der Waals surface area contributed by atoms with Crippen LogP contribution in [0.4, 0.5) is 5.95 Å². The van der Waals surface area contributed by atoms with Crippen molar-refractivity contribution in [3.8, 4) is 0 Å². The maximum Gasteiger partial charge on any atom is 0.270 e. The van der Waals surface area contributed by atoms with E-state index in [9.17, 15) is 4.79 Å². The summed E-state index contributed by atoms with van der Waals surface area (Å²) in [7, 11) is 0. The van der Waals surface area contributed by atoms with Gasteiger partial charge >= 0.3 is 0 Å². The summed E-state index contributed by atoms with van der Waals surface area (Å²) in [5.74, 6) is 0.419. The minimum absolute atomic E-state index is 0.126. The Hall–Kier alpha value is -2.43. The van der Waals surface area contributed by atoms with Crippen molar-refractivity contribution in [2.24, 2.45) is 0 Å². The van der Waals surface area contributed by atoms with Crippen molar-refractivity contribution in [1.29, 1.82) is 0 Å². The first-order chi connectivity index (χ1) is 11.5. The molecule has 2 aromatic rings. The molecule has 5 nitrogen and oxygen atoms in total. The van der Waals surface area contributed by atoms with E-state index in [0.29, 0.717) is 18.2 Å². The van der Waals surface area contributed by atoms with Crippen LogP contribution in [0.15, 0.2) is 42.6 Å². The van der Waals surface area contributed by atoms with Crippen molar-refractivity contribution in [2.45, 2.75) is 52.7 Å². The molecule has 1 unspecified atom stereocenters. The standard InChI is InChI=1S/C19H26N4O/c1-5-15(4)21-18(24)17-11-12-20-19(22-17)23(14(2)3)13-16-9-7-6-8-10-16/h6-12,14-15H,5,13H2,1-4H3,(H,21,24). The first-order valence-electron chi connectivity index (χ1n) is 8.45. The summed E-state index contributed by atoms with van der Waals surface area (Å²) >= 11 is 0. The largest absolute Gasteiger partial charge is 0.348 e. The first kappa shape index (κ1) is 17.9. The molecule has 0 aliphatic heterocycles. The highest BCUT2D eigenvalue weighted by Crippen LogP contribution is 2.16. The predicted molar refractivity (Wildman–Crippen MR) is 97.0 cm³/mol. The van der Waals surface area contributed by atoms with Crippen LogP contribution >= 0.6 is 0 Å². The van der Waals surface area contributed by atoms with Gasteiger partial charge in [-0.1, -0.05) is 37.3 Å². The molecular formula is C19H26N4O. The number of aromatic nitrogens is 2. The molecule has 0 saturated carbocycles. The highest BCUT2D eigenvalue weighted by Gasteiger charge is 2.17. The Morgan fingerprint density at radius 1 is 1.17 bits per heavy atom. The molecule has 5 heteroatoms. The van der Waals surface area contributed by atoms with E-state index in [1.54, 1.807) is 12.3 Å². The molecule has 1 N–H and O–H groups in total. The van der Waals surface area contributed by atoms with Gasteiger partial charge in [0.2, 0.25) is 5.95 Å². The number of nitrogens with zero attached hydrogens (tertiary/aromatic N) is 3. The van der Waals surface area contributed by atoms with Gasteiger partial charge in [0.15, 0.2) is 0 Å². The van der Waals surface area contributed by atoms with Gasteiger partial charge in [-0.2, -0.15) is 0 Å². The lowest BCUT2D eigenvalue weighted by Gasteiger charge is -2.27. The van der Waals surface area contributed by atoms with Crippen LogP contribution in [0.2, 0.25) is 0 Å². The maximum absolute atomic E-state index is 12.3. The molecular weight excluding hydrogens is 300 g/mol. The molecule has 0 aliphatic carbocycles. The molecule has 1 amide bonds. The van der Waals surface area contributed by atoms with Gasteiger partial charge in [-0.25, -0.2) is 9.97 Å². The SMILES string of the molecule is CCC(C)NC(=O)c1ccnc(N(Cc2ccccc2)C(C)C)n1. The highest BCUT2D eigenvalue weighted by molar-refractivity contribution is 5.92. The van der Waals surface area contributed by atoms with Crippen molar-refractivity contribution in [3.63, 3.8) is 0 Å². The Bertz CT molecular complexity index is 657. The fraction of sp³-hybridized carbons (Fsp3) is 0.421. The summed E-state index contributed by atoms with van der Waals surface area (Å²) < 4.78 is 0. The lowest BCUT2D eigenvalue weighted by Crippen LogP contribution is -2.34. The van der Waals surface area contributed by atoms with Crippen molar-refractivity contribution >= 4 is 11.9 Å². The predicted octanol–water partition coefficient (Wildman–Crippen LogP) is 3.42. The highest BCUT2D eigenvalue weighted by atomic mass is 16.1. The van der Waals surface area contributed by atoms with Gasteiger partial charge in [0.25, 0.3) is 5.91 Å². The third-order valence-electron chi connectivity index (χ3n) is 3.94. The van der Waals surface area contributed by atoms with E-state index in [1.165, 1.54) is 5.56 Å². The van der Waals surface area contributed by atoms with Gasteiger partial charge in [0.05, 0.1) is 0 Å². The van der Waals surface area contributed by atoms with Crippen LogP contribution < -0.4 is 10.2 Å². The Morgan fingerprint density at radius 3 is 2.50 bits per heavy atom. The molecule has 1 aromatic heterocycles. The van der Waals surface area contributed by atoms with Gasteiger partial charge in [-0.3, -0.25) is 4.79 Å². The fourth-order valence-corrected chi connectivity index (χ4v) is 2.28. The van der Waals surface area contributed by atoms with E-state index < -0.39 is 0 Å². The molecule has 128 valence electrons. The first-order valence-corrected chi connectivity index (χ1v) is 8.45. The zero-order valence-corrected chi connectivity index (χ0v) is 14.9. The summed E-state index contributed by atoms with van der Waals surface area (Å²) in [6.07, 6.45) is 2.53. The van der Waals surface area contributed by atoms with E-state index in [4.69, 9.17) is 0 Å². The number of carbonyl (C=O) groups excluding carboxylic acids is 1. The van der Waals surface area contributed by atoms with Crippen LogP contribution in [0, 0.1) is 0 Å². The zero-order chi connectivity index (χ0) is 17.5. The minimum atomic E-state index is -0.156. The maximum atomic E-state index is 12.3. The average Bonchev–Trinajstić information content (AvgIpc) is 2.60. The summed E-state index contributed by atoms with van der Waals surface area (Å²) in [4.78, 5) is 23.2. The van der Waals surface area contributed by atoms with E-state index >= 15 is 0 Å². The molecule has 0 aliphatic rings. The second kappa shape index (κ2) is 8.43. The van der Waals surface area contributed by atoms with Crippen LogP contribution in [0.5, 0.6) is 0 Å². The van der Waals surface area contributed by atoms with Crippen LogP contribution in [-0.4, -0.2) is 28.0 Å². The number of hydrogen-bond donors (Lipinski definition) is 1. The second-order valence-corrected chi connectivity index (χ2v) is 6.23. The number of carbonyl (C=O) groups is 1. The van der Waals surface area contributed by atoms with E-state index in [0.717, 1.165) is 6.42 Å². The molecule has 1 aromatic carbocycles. The van der Waals surface area contributed by atoms with Gasteiger partial charge in [-0.15, -0.1) is 0 Å². The topological polar surface area (TPSA) is 58.1 Å². The smallest absolute Gasteiger partial charge is 0.270 e.